The molecule has 2 aromatic rings. The molecule has 0 saturated heterocycles. The third-order valence-electron chi connectivity index (χ3n) is 5.10. The summed E-state index contributed by atoms with van der Waals surface area (Å²) < 4.78 is 5.28. The molecule has 0 saturated carbocycles. The molecular formula is C24H23N3O3. The number of benzene rings is 2. The number of carbonyl (C=O) groups excluding carboxylic acids is 2. The molecular weight excluding hydrogens is 378 g/mol. The summed E-state index contributed by atoms with van der Waals surface area (Å²) in [4.78, 5) is 32.3. The molecule has 6 nitrogen and oxygen atoms in total. The number of anilines is 1. The van der Waals surface area contributed by atoms with E-state index < -0.39 is 12.1 Å². The first-order chi connectivity index (χ1) is 14.7. The van der Waals surface area contributed by atoms with Crippen molar-refractivity contribution in [1.29, 1.82) is 0 Å². The van der Waals surface area contributed by atoms with Gasteiger partial charge in [0.1, 0.15) is 6.17 Å². The molecule has 1 N–H and O–H groups in total. The van der Waals surface area contributed by atoms with Gasteiger partial charge < -0.3 is 10.1 Å². The number of aliphatic imine (C=N–C) groups is 1. The van der Waals surface area contributed by atoms with E-state index in [9.17, 15) is 9.59 Å². The summed E-state index contributed by atoms with van der Waals surface area (Å²) in [6.07, 6.45) is 7.29. The van der Waals surface area contributed by atoms with Crippen molar-refractivity contribution in [2.45, 2.75) is 19.1 Å². The van der Waals surface area contributed by atoms with Crippen LogP contribution in [0, 0.1) is 5.92 Å². The molecule has 2 aromatic carbocycles. The zero-order valence-electron chi connectivity index (χ0n) is 16.6. The summed E-state index contributed by atoms with van der Waals surface area (Å²) >= 11 is 0. The first kappa shape index (κ1) is 19.6. The minimum absolute atomic E-state index is 0.138. The Hall–Kier alpha value is -3.67. The fourth-order valence-corrected chi connectivity index (χ4v) is 3.73. The van der Waals surface area contributed by atoms with Crippen LogP contribution in [0.25, 0.3) is 0 Å². The maximum Gasteiger partial charge on any atom is 0.374 e. The van der Waals surface area contributed by atoms with E-state index in [1.54, 1.807) is 24.0 Å². The van der Waals surface area contributed by atoms with E-state index in [0.29, 0.717) is 5.56 Å². The summed E-state index contributed by atoms with van der Waals surface area (Å²) in [5, 5.41) is 3.12. The summed E-state index contributed by atoms with van der Waals surface area (Å²) in [6.45, 7) is 2.00. The van der Waals surface area contributed by atoms with Gasteiger partial charge in [0.2, 0.25) is 5.84 Å². The van der Waals surface area contributed by atoms with E-state index in [0.717, 1.165) is 5.69 Å². The highest BCUT2D eigenvalue weighted by molar-refractivity contribution is 6.41. The number of amides is 1. The van der Waals surface area contributed by atoms with Crippen LogP contribution in [0.1, 0.15) is 17.3 Å². The van der Waals surface area contributed by atoms with Crippen LogP contribution in [0.15, 0.2) is 90.0 Å². The highest BCUT2D eigenvalue weighted by Crippen LogP contribution is 2.31. The summed E-state index contributed by atoms with van der Waals surface area (Å²) in [5.74, 6) is -0.682. The predicted octanol–water partition coefficient (Wildman–Crippen LogP) is 3.34. The highest BCUT2D eigenvalue weighted by atomic mass is 16.5. The number of para-hydroxylation sites is 1. The lowest BCUT2D eigenvalue weighted by molar-refractivity contribution is -0.135. The Bertz CT molecular complexity index is 999. The maximum atomic E-state index is 13.0. The molecule has 1 aliphatic carbocycles. The van der Waals surface area contributed by atoms with Gasteiger partial charge in [0.25, 0.3) is 5.91 Å². The van der Waals surface area contributed by atoms with Gasteiger partial charge in [0.05, 0.1) is 12.6 Å². The molecule has 152 valence electrons. The number of hydrogen-bond donors (Lipinski definition) is 1. The van der Waals surface area contributed by atoms with E-state index in [-0.39, 0.29) is 30.3 Å². The van der Waals surface area contributed by atoms with Gasteiger partial charge in [-0.25, -0.2) is 4.79 Å². The molecule has 6 heteroatoms. The summed E-state index contributed by atoms with van der Waals surface area (Å²) in [7, 11) is 0. The smallest absolute Gasteiger partial charge is 0.374 e. The summed E-state index contributed by atoms with van der Waals surface area (Å²) in [5.41, 5.74) is 1.31. The number of carbonyl (C=O) groups is 2. The van der Waals surface area contributed by atoms with Crippen molar-refractivity contribution >= 4 is 23.4 Å². The monoisotopic (exact) mass is 401 g/mol. The number of rotatable bonds is 5. The number of hydrogen-bond acceptors (Lipinski definition) is 5. The van der Waals surface area contributed by atoms with Gasteiger partial charge in [-0.1, -0.05) is 60.7 Å². The molecule has 2 aliphatic rings. The molecule has 1 aliphatic heterocycles. The van der Waals surface area contributed by atoms with Crippen LogP contribution in [-0.4, -0.2) is 36.5 Å². The number of amidine groups is 1. The van der Waals surface area contributed by atoms with Crippen LogP contribution < -0.4 is 10.2 Å². The predicted molar refractivity (Wildman–Crippen MR) is 116 cm³/mol. The number of allylic oxidation sites excluding steroid dienone is 2. The number of esters is 1. The number of fused-ring (bicyclic) bond motifs is 1. The fourth-order valence-electron chi connectivity index (χ4n) is 3.73. The van der Waals surface area contributed by atoms with Crippen molar-refractivity contribution in [2.24, 2.45) is 10.9 Å². The Balaban J connectivity index is 1.78. The van der Waals surface area contributed by atoms with Crippen LogP contribution in [0.2, 0.25) is 0 Å². The third-order valence-corrected chi connectivity index (χ3v) is 5.10. The average molecular weight is 401 g/mol. The van der Waals surface area contributed by atoms with Crippen LogP contribution in [0.3, 0.4) is 0 Å². The van der Waals surface area contributed by atoms with Gasteiger partial charge in [-0.05, 0) is 31.2 Å². The zero-order chi connectivity index (χ0) is 20.9. The standard InChI is InChI=1S/C24H23N3O3/c1-2-30-24(29)22-25-20-16-10-9-15-19(20)21(27(22)18-13-7-4-8-14-18)26-23(28)17-11-5-3-6-12-17/h3-16,19-21H,2H2,1H3,(H,26,28). The average Bonchev–Trinajstić information content (AvgIpc) is 2.80. The quantitative estimate of drug-likeness (QED) is 0.780. The molecule has 0 radical (unpaired) electrons. The van der Waals surface area contributed by atoms with Crippen molar-refractivity contribution < 1.29 is 14.3 Å². The van der Waals surface area contributed by atoms with Crippen molar-refractivity contribution in [3.8, 4) is 0 Å². The number of nitrogens with zero attached hydrogens (tertiary/aromatic N) is 2. The SMILES string of the molecule is CCOC(=O)C1=NC2C=CC=CC2C(NC(=O)c2ccccc2)N1c1ccccc1. The van der Waals surface area contributed by atoms with Gasteiger partial charge in [0.15, 0.2) is 0 Å². The molecule has 1 amide bonds. The number of nitrogens with one attached hydrogen (secondary N) is 1. The minimum Gasteiger partial charge on any atom is -0.460 e. The number of ether oxygens (including phenoxy) is 1. The lowest BCUT2D eigenvalue weighted by Gasteiger charge is -2.43. The maximum absolute atomic E-state index is 13.0. The zero-order valence-corrected chi connectivity index (χ0v) is 16.6. The lowest BCUT2D eigenvalue weighted by Crippen LogP contribution is -2.61. The second-order valence-electron chi connectivity index (χ2n) is 7.00. The molecule has 3 atom stereocenters. The molecule has 3 unspecified atom stereocenters. The van der Waals surface area contributed by atoms with Crippen LogP contribution >= 0.6 is 0 Å². The van der Waals surface area contributed by atoms with Crippen molar-refractivity contribution in [2.75, 3.05) is 11.5 Å². The van der Waals surface area contributed by atoms with Gasteiger partial charge in [-0.3, -0.25) is 14.7 Å². The van der Waals surface area contributed by atoms with Gasteiger partial charge in [0, 0.05) is 17.2 Å². The topological polar surface area (TPSA) is 71.0 Å². The van der Waals surface area contributed by atoms with E-state index in [4.69, 9.17) is 4.74 Å². The van der Waals surface area contributed by atoms with Crippen molar-refractivity contribution in [1.82, 2.24) is 5.32 Å². The van der Waals surface area contributed by atoms with E-state index in [1.807, 2.05) is 72.8 Å². The highest BCUT2D eigenvalue weighted by Gasteiger charge is 2.42. The van der Waals surface area contributed by atoms with Gasteiger partial charge >= 0.3 is 5.97 Å². The Morgan fingerprint density at radius 2 is 1.67 bits per heavy atom. The third kappa shape index (κ3) is 3.89. The second kappa shape index (κ2) is 8.78. The van der Waals surface area contributed by atoms with Crippen LogP contribution in [0.5, 0.6) is 0 Å². The van der Waals surface area contributed by atoms with Gasteiger partial charge in [-0.2, -0.15) is 0 Å². The molecule has 0 aromatic heterocycles. The van der Waals surface area contributed by atoms with E-state index in [1.165, 1.54) is 0 Å². The Labute approximate surface area is 175 Å². The second-order valence-corrected chi connectivity index (χ2v) is 7.00. The fraction of sp³-hybridized carbons (Fsp3) is 0.208. The Morgan fingerprint density at radius 1 is 1.00 bits per heavy atom. The lowest BCUT2D eigenvalue weighted by atomic mass is 9.89. The normalized spacial score (nSPS) is 22.1. The molecule has 1 heterocycles. The van der Waals surface area contributed by atoms with E-state index >= 15 is 0 Å². The Morgan fingerprint density at radius 3 is 2.37 bits per heavy atom. The molecule has 30 heavy (non-hydrogen) atoms. The molecule has 0 spiro atoms. The largest absolute Gasteiger partial charge is 0.460 e. The summed E-state index contributed by atoms with van der Waals surface area (Å²) in [6, 6.07) is 18.2. The van der Waals surface area contributed by atoms with Crippen LogP contribution in [-0.2, 0) is 9.53 Å². The van der Waals surface area contributed by atoms with E-state index in [2.05, 4.69) is 10.3 Å². The first-order valence-electron chi connectivity index (χ1n) is 9.99. The van der Waals surface area contributed by atoms with Crippen molar-refractivity contribution in [3.63, 3.8) is 0 Å². The molecule has 0 bridgehead atoms. The molecule has 4 rings (SSSR count). The Kier molecular flexibility index (Phi) is 5.75. The first-order valence-corrected chi connectivity index (χ1v) is 9.99. The molecule has 0 fully saturated rings. The van der Waals surface area contributed by atoms with Crippen LogP contribution in [0.4, 0.5) is 5.69 Å². The van der Waals surface area contributed by atoms with Crippen molar-refractivity contribution in [3.05, 3.63) is 90.5 Å². The van der Waals surface area contributed by atoms with Gasteiger partial charge in [-0.15, -0.1) is 0 Å². The minimum atomic E-state index is -0.512.